The van der Waals surface area contributed by atoms with Gasteiger partial charge in [-0.15, -0.1) is 6.42 Å². The molecule has 25 heavy (non-hydrogen) atoms. The highest BCUT2D eigenvalue weighted by atomic mass is 16.1. The maximum absolute atomic E-state index is 12.8. The van der Waals surface area contributed by atoms with Gasteiger partial charge in [-0.05, 0) is 48.7 Å². The van der Waals surface area contributed by atoms with Crippen molar-refractivity contribution in [2.24, 2.45) is 34.0 Å². The van der Waals surface area contributed by atoms with Crippen molar-refractivity contribution in [1.82, 2.24) is 0 Å². The number of fused-ring (bicyclic) bond motifs is 3. The Balaban J connectivity index is 2.20. The Bertz CT molecular complexity index is 816. The predicted octanol–water partition coefficient (Wildman–Crippen LogP) is 3.20. The first-order valence-electron chi connectivity index (χ1n) is 8.74. The third-order valence-corrected chi connectivity index (χ3v) is 6.98. The Morgan fingerprint density at radius 1 is 1.12 bits per heavy atom. The Morgan fingerprint density at radius 3 is 2.32 bits per heavy atom. The van der Waals surface area contributed by atoms with Gasteiger partial charge in [-0.25, -0.2) is 0 Å². The van der Waals surface area contributed by atoms with Crippen molar-refractivity contribution in [2.75, 3.05) is 0 Å². The van der Waals surface area contributed by atoms with E-state index in [9.17, 15) is 20.1 Å². The van der Waals surface area contributed by atoms with E-state index in [2.05, 4.69) is 18.1 Å². The number of nitriles is 2. The molecule has 0 saturated heterocycles. The van der Waals surface area contributed by atoms with Crippen molar-refractivity contribution in [1.29, 1.82) is 10.5 Å². The summed E-state index contributed by atoms with van der Waals surface area (Å²) in [4.78, 5) is 25.2. The lowest BCUT2D eigenvalue weighted by molar-refractivity contribution is -0.145. The average Bonchev–Trinajstić information content (AvgIpc) is 2.58. The zero-order valence-electron chi connectivity index (χ0n) is 14.9. The molecule has 0 aromatic heterocycles. The fourth-order valence-electron chi connectivity index (χ4n) is 5.75. The lowest BCUT2D eigenvalue weighted by Crippen LogP contribution is -2.57. The first-order valence-corrected chi connectivity index (χ1v) is 8.74. The fraction of sp³-hybridized carbons (Fsp3) is 0.619. The Labute approximate surface area is 148 Å². The maximum Gasteiger partial charge on any atom is 0.172 e. The molecule has 0 amide bonds. The molecular formula is C21H22N2O2. The van der Waals surface area contributed by atoms with Gasteiger partial charge in [0.05, 0.1) is 17.6 Å². The summed E-state index contributed by atoms with van der Waals surface area (Å²) in [6, 6.07) is 4.24. The van der Waals surface area contributed by atoms with Gasteiger partial charge in [0.1, 0.15) is 11.8 Å². The van der Waals surface area contributed by atoms with Crippen LogP contribution in [-0.2, 0) is 9.59 Å². The number of hydrogen-bond acceptors (Lipinski definition) is 4. The van der Waals surface area contributed by atoms with E-state index in [1.165, 1.54) is 0 Å². The number of rotatable bonds is 0. The quantitative estimate of drug-likeness (QED) is 0.637. The molecule has 5 atom stereocenters. The number of carbonyl (C=O) groups excluding carboxylic acids is 2. The molecule has 3 rings (SSSR count). The molecular weight excluding hydrogens is 312 g/mol. The molecule has 0 aromatic rings. The molecule has 0 spiro atoms. The topological polar surface area (TPSA) is 81.7 Å². The minimum atomic E-state index is -0.704. The SMILES string of the molecule is C#C[C@@]12CCC3C(C)(C)C(=O)C(C#N)C[C@]3(C)C1=CC(=O)C(C#N)C2. The van der Waals surface area contributed by atoms with E-state index in [0.29, 0.717) is 19.3 Å². The van der Waals surface area contributed by atoms with Crippen LogP contribution in [0.4, 0.5) is 0 Å². The molecule has 0 radical (unpaired) electrons. The number of carbonyl (C=O) groups is 2. The molecule has 128 valence electrons. The van der Waals surface area contributed by atoms with Crippen LogP contribution in [0.15, 0.2) is 11.6 Å². The van der Waals surface area contributed by atoms with Crippen molar-refractivity contribution in [3.63, 3.8) is 0 Å². The summed E-state index contributed by atoms with van der Waals surface area (Å²) >= 11 is 0. The highest BCUT2D eigenvalue weighted by Crippen LogP contribution is 2.66. The highest BCUT2D eigenvalue weighted by molar-refractivity contribution is 5.96. The van der Waals surface area contributed by atoms with Gasteiger partial charge in [0.15, 0.2) is 11.6 Å². The summed E-state index contributed by atoms with van der Waals surface area (Å²) in [6.45, 7) is 5.87. The molecule has 2 saturated carbocycles. The monoisotopic (exact) mass is 334 g/mol. The summed E-state index contributed by atoms with van der Waals surface area (Å²) in [6.07, 6.45) is 9.67. The second-order valence-electron chi connectivity index (χ2n) is 8.55. The molecule has 0 aliphatic heterocycles. The van der Waals surface area contributed by atoms with E-state index in [1.54, 1.807) is 6.08 Å². The van der Waals surface area contributed by atoms with Gasteiger partial charge in [0, 0.05) is 5.41 Å². The molecule has 3 aliphatic rings. The van der Waals surface area contributed by atoms with E-state index in [-0.39, 0.29) is 17.5 Å². The van der Waals surface area contributed by atoms with E-state index < -0.39 is 28.1 Å². The summed E-state index contributed by atoms with van der Waals surface area (Å²) in [5, 5.41) is 18.8. The summed E-state index contributed by atoms with van der Waals surface area (Å²) in [7, 11) is 0. The average molecular weight is 334 g/mol. The largest absolute Gasteiger partial charge is 0.298 e. The zero-order valence-corrected chi connectivity index (χ0v) is 14.9. The van der Waals surface area contributed by atoms with Crippen LogP contribution in [0.25, 0.3) is 0 Å². The number of hydrogen-bond donors (Lipinski definition) is 0. The van der Waals surface area contributed by atoms with E-state index in [0.717, 1.165) is 12.0 Å². The van der Waals surface area contributed by atoms with Gasteiger partial charge in [0.2, 0.25) is 0 Å². The van der Waals surface area contributed by atoms with Crippen LogP contribution in [0.3, 0.4) is 0 Å². The minimum absolute atomic E-state index is 0.0108. The van der Waals surface area contributed by atoms with Crippen LogP contribution >= 0.6 is 0 Å². The Hall–Kier alpha value is -2.38. The lowest BCUT2D eigenvalue weighted by atomic mass is 9.42. The smallest absolute Gasteiger partial charge is 0.172 e. The molecule has 4 heteroatoms. The van der Waals surface area contributed by atoms with Crippen molar-refractivity contribution < 1.29 is 9.59 Å². The lowest BCUT2D eigenvalue weighted by Gasteiger charge is -2.60. The summed E-state index contributed by atoms with van der Waals surface area (Å²) in [5.41, 5.74) is -0.852. The number of allylic oxidation sites excluding steroid dienone is 2. The van der Waals surface area contributed by atoms with Crippen LogP contribution in [0.1, 0.15) is 46.5 Å². The summed E-state index contributed by atoms with van der Waals surface area (Å²) < 4.78 is 0. The van der Waals surface area contributed by atoms with Crippen LogP contribution < -0.4 is 0 Å². The zero-order chi connectivity index (χ0) is 18.6. The van der Waals surface area contributed by atoms with Crippen molar-refractivity contribution >= 4 is 11.6 Å². The van der Waals surface area contributed by atoms with Crippen LogP contribution in [-0.4, -0.2) is 11.6 Å². The molecule has 0 aromatic carbocycles. The normalized spacial score (nSPS) is 42.1. The molecule has 3 aliphatic carbocycles. The van der Waals surface area contributed by atoms with Crippen LogP contribution in [0, 0.1) is 69.0 Å². The number of ketones is 2. The molecule has 0 N–H and O–H groups in total. The van der Waals surface area contributed by atoms with E-state index >= 15 is 0 Å². The molecule has 0 bridgehead atoms. The third-order valence-electron chi connectivity index (χ3n) is 6.98. The van der Waals surface area contributed by atoms with E-state index in [4.69, 9.17) is 6.42 Å². The van der Waals surface area contributed by atoms with Crippen molar-refractivity contribution in [2.45, 2.75) is 46.5 Å². The van der Waals surface area contributed by atoms with Gasteiger partial charge >= 0.3 is 0 Å². The number of terminal acetylenes is 1. The first kappa shape index (κ1) is 17.4. The highest BCUT2D eigenvalue weighted by Gasteiger charge is 2.62. The molecule has 0 heterocycles. The third kappa shape index (κ3) is 2.12. The first-order chi connectivity index (χ1) is 11.7. The number of nitrogens with zero attached hydrogens (tertiary/aromatic N) is 2. The number of Topliss-reactive ketones (excluding diaryl/α,β-unsaturated/α-hetero) is 1. The molecule has 4 nitrogen and oxygen atoms in total. The van der Waals surface area contributed by atoms with E-state index in [1.807, 2.05) is 20.8 Å². The second kappa shape index (κ2) is 5.31. The van der Waals surface area contributed by atoms with Crippen LogP contribution in [0.5, 0.6) is 0 Å². The fourth-order valence-corrected chi connectivity index (χ4v) is 5.75. The maximum atomic E-state index is 12.8. The van der Waals surface area contributed by atoms with Gasteiger partial charge in [-0.3, -0.25) is 9.59 Å². The summed E-state index contributed by atoms with van der Waals surface area (Å²) in [5.74, 6) is 1.33. The van der Waals surface area contributed by atoms with Gasteiger partial charge in [0.25, 0.3) is 0 Å². The standard InChI is InChI=1S/C21H22N2O2/c1-5-21-7-6-16-19(2,3)18(25)14(12-23)9-20(16,4)17(21)8-15(24)13(10-21)11-22/h1,8,13-14,16H,6-7,9-10H2,2-4H3/t13?,14?,16?,20-,21-/m0/s1. The molecule has 2 fully saturated rings. The Kier molecular flexibility index (Phi) is 3.70. The van der Waals surface area contributed by atoms with Gasteiger partial charge in [-0.2, -0.15) is 10.5 Å². The van der Waals surface area contributed by atoms with Gasteiger partial charge < -0.3 is 0 Å². The Morgan fingerprint density at radius 2 is 1.76 bits per heavy atom. The minimum Gasteiger partial charge on any atom is -0.298 e. The van der Waals surface area contributed by atoms with Crippen LogP contribution in [0.2, 0.25) is 0 Å². The second-order valence-corrected chi connectivity index (χ2v) is 8.55. The van der Waals surface area contributed by atoms with Gasteiger partial charge in [-0.1, -0.05) is 26.7 Å². The molecule has 3 unspecified atom stereocenters. The predicted molar refractivity (Wildman–Crippen MR) is 91.4 cm³/mol. The van der Waals surface area contributed by atoms with Crippen molar-refractivity contribution in [3.8, 4) is 24.5 Å². The van der Waals surface area contributed by atoms with Crippen molar-refractivity contribution in [3.05, 3.63) is 11.6 Å².